The summed E-state index contributed by atoms with van der Waals surface area (Å²) in [7, 11) is -2.91. The second kappa shape index (κ2) is 7.02. The Balaban J connectivity index is 4.27. The van der Waals surface area contributed by atoms with Crippen LogP contribution in [-0.4, -0.2) is 35.2 Å². The molecule has 1 N–H and O–H groups in total. The summed E-state index contributed by atoms with van der Waals surface area (Å²) in [6.07, 6.45) is 0.549. The van der Waals surface area contributed by atoms with Crippen LogP contribution in [0.1, 0.15) is 20.8 Å². The van der Waals surface area contributed by atoms with Crippen molar-refractivity contribution in [2.45, 2.75) is 20.8 Å². The first-order valence-electron chi connectivity index (χ1n) is 4.37. The van der Waals surface area contributed by atoms with Crippen molar-refractivity contribution in [3.63, 3.8) is 0 Å². The van der Waals surface area contributed by atoms with Crippen LogP contribution in [0.4, 0.5) is 0 Å². The molecule has 13 heavy (non-hydrogen) atoms. The average molecular weight is 207 g/mol. The first kappa shape index (κ1) is 12.6. The Bertz CT molecular complexity index is 127. The fraction of sp³-hybridized carbons (Fsp3) is 0.857. The Hall–Kier alpha value is -0.433. The Labute approximate surface area is 79.8 Å². The van der Waals surface area contributed by atoms with E-state index in [0.29, 0.717) is 26.2 Å². The van der Waals surface area contributed by atoms with Gasteiger partial charge in [-0.15, -0.1) is 0 Å². The van der Waals surface area contributed by atoms with Crippen LogP contribution in [0.3, 0.4) is 0 Å². The molecular formula is C7H17NO4Si. The van der Waals surface area contributed by atoms with Gasteiger partial charge in [-0.05, 0) is 20.8 Å². The van der Waals surface area contributed by atoms with Crippen molar-refractivity contribution in [2.75, 3.05) is 19.8 Å². The van der Waals surface area contributed by atoms with Gasteiger partial charge in [-0.25, -0.2) is 0 Å². The van der Waals surface area contributed by atoms with E-state index in [2.05, 4.69) is 4.98 Å². The summed E-state index contributed by atoms with van der Waals surface area (Å²) in [6, 6.07) is 0. The van der Waals surface area contributed by atoms with Crippen molar-refractivity contribution in [2.24, 2.45) is 0 Å². The summed E-state index contributed by atoms with van der Waals surface area (Å²) in [5, 5.41) is 0. The van der Waals surface area contributed by atoms with Crippen LogP contribution >= 0.6 is 0 Å². The van der Waals surface area contributed by atoms with Gasteiger partial charge in [0.15, 0.2) is 0 Å². The van der Waals surface area contributed by atoms with Crippen LogP contribution in [0.25, 0.3) is 0 Å². The van der Waals surface area contributed by atoms with E-state index in [-0.39, 0.29) is 0 Å². The molecule has 0 rings (SSSR count). The first-order chi connectivity index (χ1) is 6.24. The number of amides is 1. The normalized spacial score (nSPS) is 11.3. The second-order valence-corrected chi connectivity index (χ2v) is 4.38. The minimum atomic E-state index is -2.91. The summed E-state index contributed by atoms with van der Waals surface area (Å²) >= 11 is 0. The average Bonchev–Trinajstić information content (AvgIpc) is 2.06. The highest BCUT2D eigenvalue weighted by Crippen LogP contribution is 2.04. The van der Waals surface area contributed by atoms with Crippen LogP contribution in [0.2, 0.25) is 0 Å². The van der Waals surface area contributed by atoms with Crippen LogP contribution in [0.15, 0.2) is 0 Å². The van der Waals surface area contributed by atoms with Gasteiger partial charge in [-0.1, -0.05) is 0 Å². The highest BCUT2D eigenvalue weighted by atomic mass is 28.4. The first-order valence-corrected chi connectivity index (χ1v) is 6.10. The van der Waals surface area contributed by atoms with Crippen molar-refractivity contribution < 1.29 is 18.1 Å². The lowest BCUT2D eigenvalue weighted by molar-refractivity contribution is -0.109. The van der Waals surface area contributed by atoms with Gasteiger partial charge in [0.2, 0.25) is 6.41 Å². The third-order valence-electron chi connectivity index (χ3n) is 1.24. The van der Waals surface area contributed by atoms with Gasteiger partial charge in [-0.2, -0.15) is 0 Å². The smallest absolute Gasteiger partial charge is 0.357 e. The number of hydrogen-bond acceptors (Lipinski definition) is 4. The maximum atomic E-state index is 10.3. The van der Waals surface area contributed by atoms with Crippen molar-refractivity contribution in [3.8, 4) is 0 Å². The van der Waals surface area contributed by atoms with Crippen molar-refractivity contribution in [1.82, 2.24) is 4.98 Å². The van der Waals surface area contributed by atoms with Gasteiger partial charge in [0.1, 0.15) is 0 Å². The second-order valence-electron chi connectivity index (χ2n) is 2.12. The standard InChI is InChI=1S/C7H17NO4Si/c1-4-10-13(8-7-9,11-5-2)12-6-3/h7H,4-6H2,1-3H3,(H,8,9). The van der Waals surface area contributed by atoms with Gasteiger partial charge in [0, 0.05) is 19.8 Å². The lowest BCUT2D eigenvalue weighted by Crippen LogP contribution is -2.58. The topological polar surface area (TPSA) is 56.8 Å². The van der Waals surface area contributed by atoms with E-state index in [1.807, 2.05) is 20.8 Å². The van der Waals surface area contributed by atoms with Gasteiger partial charge in [0.25, 0.3) is 0 Å². The molecule has 0 radical (unpaired) electrons. The molecule has 78 valence electrons. The number of carbonyl (C=O) groups is 1. The Morgan fingerprint density at radius 1 is 1.08 bits per heavy atom. The van der Waals surface area contributed by atoms with Crippen molar-refractivity contribution >= 4 is 15.4 Å². The fourth-order valence-corrected chi connectivity index (χ4v) is 2.68. The Morgan fingerprint density at radius 2 is 1.46 bits per heavy atom. The van der Waals surface area contributed by atoms with E-state index in [1.165, 1.54) is 0 Å². The lowest BCUT2D eigenvalue weighted by Gasteiger charge is -2.25. The number of nitrogens with one attached hydrogen (secondary N) is 1. The molecule has 5 nitrogen and oxygen atoms in total. The minimum absolute atomic E-state index is 0.451. The molecular weight excluding hydrogens is 190 g/mol. The largest absolute Gasteiger partial charge is 0.633 e. The molecule has 0 aliphatic carbocycles. The summed E-state index contributed by atoms with van der Waals surface area (Å²) in [5.74, 6) is 0. The van der Waals surface area contributed by atoms with E-state index in [4.69, 9.17) is 13.3 Å². The van der Waals surface area contributed by atoms with Crippen molar-refractivity contribution in [1.29, 1.82) is 0 Å². The van der Waals surface area contributed by atoms with E-state index in [1.54, 1.807) is 0 Å². The molecule has 0 aromatic rings. The zero-order valence-corrected chi connectivity index (χ0v) is 9.33. The maximum absolute atomic E-state index is 10.3. The summed E-state index contributed by atoms with van der Waals surface area (Å²) < 4.78 is 15.9. The van der Waals surface area contributed by atoms with Gasteiger partial charge >= 0.3 is 8.97 Å². The van der Waals surface area contributed by atoms with E-state index < -0.39 is 8.97 Å². The predicted molar refractivity (Wildman–Crippen MR) is 49.8 cm³/mol. The molecule has 0 saturated carbocycles. The third-order valence-corrected chi connectivity index (χ3v) is 3.72. The fourth-order valence-electron chi connectivity index (χ4n) is 0.892. The lowest BCUT2D eigenvalue weighted by atomic mass is 10.9. The Kier molecular flexibility index (Phi) is 6.78. The highest BCUT2D eigenvalue weighted by molar-refractivity contribution is 6.60. The maximum Gasteiger partial charge on any atom is 0.633 e. The number of hydrogen-bond donors (Lipinski definition) is 1. The highest BCUT2D eigenvalue weighted by Gasteiger charge is 2.41. The van der Waals surface area contributed by atoms with Gasteiger partial charge in [-0.3, -0.25) is 4.79 Å². The van der Waals surface area contributed by atoms with Crippen molar-refractivity contribution in [3.05, 3.63) is 0 Å². The molecule has 0 atom stereocenters. The summed E-state index contributed by atoms with van der Waals surface area (Å²) in [5.41, 5.74) is 0. The third kappa shape index (κ3) is 4.37. The zero-order chi connectivity index (χ0) is 10.2. The van der Waals surface area contributed by atoms with Crippen LogP contribution in [-0.2, 0) is 18.1 Å². The van der Waals surface area contributed by atoms with Crippen LogP contribution in [0.5, 0.6) is 0 Å². The molecule has 0 aliphatic heterocycles. The molecule has 0 heterocycles. The molecule has 0 aromatic carbocycles. The molecule has 0 bridgehead atoms. The molecule has 6 heteroatoms. The SMILES string of the molecule is CCO[Si](NC=O)(OCC)OCC. The van der Waals surface area contributed by atoms with Gasteiger partial charge < -0.3 is 18.3 Å². The van der Waals surface area contributed by atoms with E-state index in [9.17, 15) is 4.79 Å². The molecule has 0 aliphatic rings. The van der Waals surface area contributed by atoms with E-state index in [0.717, 1.165) is 0 Å². The minimum Gasteiger partial charge on any atom is -0.357 e. The molecule has 0 fully saturated rings. The monoisotopic (exact) mass is 207 g/mol. The van der Waals surface area contributed by atoms with Crippen LogP contribution in [0, 0.1) is 0 Å². The number of rotatable bonds is 8. The molecule has 0 saturated heterocycles. The molecule has 1 amide bonds. The molecule has 0 unspecified atom stereocenters. The summed E-state index contributed by atoms with van der Waals surface area (Å²) in [4.78, 5) is 12.8. The van der Waals surface area contributed by atoms with Crippen LogP contribution < -0.4 is 4.98 Å². The number of carbonyl (C=O) groups excluding carboxylic acids is 1. The predicted octanol–water partition coefficient (Wildman–Crippen LogP) is 0.277. The quantitative estimate of drug-likeness (QED) is 0.459. The van der Waals surface area contributed by atoms with Gasteiger partial charge in [0.05, 0.1) is 0 Å². The molecule has 0 spiro atoms. The van der Waals surface area contributed by atoms with E-state index >= 15 is 0 Å². The molecule has 0 aromatic heterocycles. The Morgan fingerprint density at radius 3 is 1.69 bits per heavy atom. The zero-order valence-electron chi connectivity index (χ0n) is 8.33. The summed E-state index contributed by atoms with van der Waals surface area (Å²) in [6.45, 7) is 6.83.